The van der Waals surface area contributed by atoms with E-state index in [4.69, 9.17) is 0 Å². The summed E-state index contributed by atoms with van der Waals surface area (Å²) in [6.45, 7) is 6.77. The second-order valence-corrected chi connectivity index (χ2v) is 8.28. The molecule has 6 heteroatoms. The number of carbonyl (C=O) groups is 1. The molecule has 0 aromatic heterocycles. The normalized spacial score (nSPS) is 16.9. The first-order valence-corrected chi connectivity index (χ1v) is 8.57. The van der Waals surface area contributed by atoms with Crippen LogP contribution in [-0.2, 0) is 10.0 Å². The summed E-state index contributed by atoms with van der Waals surface area (Å²) in [4.78, 5) is 12.3. The fourth-order valence-corrected chi connectivity index (χ4v) is 3.85. The second kappa shape index (κ2) is 5.77. The van der Waals surface area contributed by atoms with E-state index in [1.165, 1.54) is 10.4 Å². The van der Waals surface area contributed by atoms with Gasteiger partial charge in [-0.2, -0.15) is 4.31 Å². The van der Waals surface area contributed by atoms with Crippen molar-refractivity contribution in [3.63, 3.8) is 0 Å². The Labute approximate surface area is 126 Å². The molecule has 0 atom stereocenters. The number of nitrogens with one attached hydrogen (secondary N) is 1. The van der Waals surface area contributed by atoms with Crippen LogP contribution in [0.1, 0.15) is 44.0 Å². The third-order valence-corrected chi connectivity index (χ3v) is 5.18. The molecule has 1 heterocycles. The van der Waals surface area contributed by atoms with Gasteiger partial charge < -0.3 is 5.32 Å². The van der Waals surface area contributed by atoms with E-state index in [1.54, 1.807) is 18.2 Å². The summed E-state index contributed by atoms with van der Waals surface area (Å²) in [6, 6.07) is 6.24. The Hall–Kier alpha value is -1.40. The maximum atomic E-state index is 12.5. The molecule has 1 amide bonds. The average molecular weight is 310 g/mol. The lowest BCUT2D eigenvalue weighted by molar-refractivity contribution is 0.0919. The third-order valence-electron chi connectivity index (χ3n) is 3.29. The first-order valence-electron chi connectivity index (χ1n) is 7.13. The van der Waals surface area contributed by atoms with Gasteiger partial charge in [0.15, 0.2) is 0 Å². The van der Waals surface area contributed by atoms with Crippen molar-refractivity contribution in [2.45, 2.75) is 44.0 Å². The smallest absolute Gasteiger partial charge is 0.251 e. The van der Waals surface area contributed by atoms with E-state index in [0.29, 0.717) is 18.7 Å². The summed E-state index contributed by atoms with van der Waals surface area (Å²) in [5, 5.41) is 2.84. The van der Waals surface area contributed by atoms with Gasteiger partial charge in [0.1, 0.15) is 0 Å². The van der Waals surface area contributed by atoms with Gasteiger partial charge in [0, 0.05) is 24.2 Å². The van der Waals surface area contributed by atoms with Gasteiger partial charge in [-0.1, -0.05) is 6.07 Å². The number of hydrogen-bond donors (Lipinski definition) is 1. The minimum absolute atomic E-state index is 0.186. The number of nitrogens with zero attached hydrogens (tertiary/aromatic N) is 1. The largest absolute Gasteiger partial charge is 0.347 e. The van der Waals surface area contributed by atoms with Crippen LogP contribution in [-0.4, -0.2) is 37.3 Å². The molecule has 0 saturated carbocycles. The van der Waals surface area contributed by atoms with E-state index >= 15 is 0 Å². The van der Waals surface area contributed by atoms with Crippen molar-refractivity contribution in [3.8, 4) is 0 Å². The van der Waals surface area contributed by atoms with Crippen LogP contribution in [0.4, 0.5) is 0 Å². The molecule has 21 heavy (non-hydrogen) atoms. The van der Waals surface area contributed by atoms with Crippen molar-refractivity contribution in [2.24, 2.45) is 0 Å². The highest BCUT2D eigenvalue weighted by atomic mass is 32.2. The fourth-order valence-electron chi connectivity index (χ4n) is 2.29. The van der Waals surface area contributed by atoms with E-state index in [-0.39, 0.29) is 16.3 Å². The second-order valence-electron chi connectivity index (χ2n) is 6.34. The number of rotatable bonds is 3. The molecule has 0 bridgehead atoms. The van der Waals surface area contributed by atoms with E-state index in [9.17, 15) is 13.2 Å². The Balaban J connectivity index is 2.27. The van der Waals surface area contributed by atoms with Crippen molar-refractivity contribution in [3.05, 3.63) is 29.8 Å². The van der Waals surface area contributed by atoms with Crippen LogP contribution >= 0.6 is 0 Å². The van der Waals surface area contributed by atoms with Crippen molar-refractivity contribution in [1.82, 2.24) is 9.62 Å². The first-order chi connectivity index (χ1) is 9.70. The summed E-state index contributed by atoms with van der Waals surface area (Å²) in [5.74, 6) is -0.263. The lowest BCUT2D eigenvalue weighted by Gasteiger charge is -2.21. The molecule has 116 valence electrons. The lowest BCUT2D eigenvalue weighted by Crippen LogP contribution is -2.40. The standard InChI is InChI=1S/C15H22N2O3S/c1-15(2,3)16-14(18)12-7-6-8-13(11-12)21(19,20)17-9-4-5-10-17/h6-8,11H,4-5,9-10H2,1-3H3,(H,16,18). The molecule has 2 rings (SSSR count). The Kier molecular flexibility index (Phi) is 4.39. The molecular formula is C15H22N2O3S. The van der Waals surface area contributed by atoms with Crippen LogP contribution < -0.4 is 5.32 Å². The van der Waals surface area contributed by atoms with Crippen LogP contribution in [0.2, 0.25) is 0 Å². The predicted octanol–water partition coefficient (Wildman–Crippen LogP) is 2.00. The van der Waals surface area contributed by atoms with E-state index in [2.05, 4.69) is 5.32 Å². The summed E-state index contributed by atoms with van der Waals surface area (Å²) < 4.78 is 26.5. The van der Waals surface area contributed by atoms with Crippen LogP contribution in [0.3, 0.4) is 0 Å². The van der Waals surface area contributed by atoms with E-state index in [1.807, 2.05) is 20.8 Å². The Morgan fingerprint density at radius 1 is 1.19 bits per heavy atom. The molecule has 0 aliphatic carbocycles. The van der Waals surface area contributed by atoms with Crippen molar-refractivity contribution in [1.29, 1.82) is 0 Å². The molecule has 1 saturated heterocycles. The maximum Gasteiger partial charge on any atom is 0.251 e. The van der Waals surface area contributed by atoms with Gasteiger partial charge in [0.05, 0.1) is 4.90 Å². The Morgan fingerprint density at radius 2 is 1.81 bits per heavy atom. The van der Waals surface area contributed by atoms with Gasteiger partial charge in [-0.15, -0.1) is 0 Å². The van der Waals surface area contributed by atoms with E-state index < -0.39 is 10.0 Å². The van der Waals surface area contributed by atoms with Gasteiger partial charge in [-0.3, -0.25) is 4.79 Å². The molecule has 1 N–H and O–H groups in total. The average Bonchev–Trinajstić information content (AvgIpc) is 2.91. The van der Waals surface area contributed by atoms with Crippen molar-refractivity contribution >= 4 is 15.9 Å². The lowest BCUT2D eigenvalue weighted by atomic mass is 10.1. The third kappa shape index (κ3) is 3.83. The van der Waals surface area contributed by atoms with Gasteiger partial charge in [-0.05, 0) is 51.8 Å². The summed E-state index contributed by atoms with van der Waals surface area (Å²) >= 11 is 0. The number of amides is 1. The molecule has 0 radical (unpaired) electrons. The van der Waals surface area contributed by atoms with Crippen LogP contribution in [0.5, 0.6) is 0 Å². The quantitative estimate of drug-likeness (QED) is 0.928. The van der Waals surface area contributed by atoms with Crippen LogP contribution in [0.25, 0.3) is 0 Å². The number of hydrogen-bond acceptors (Lipinski definition) is 3. The summed E-state index contributed by atoms with van der Waals surface area (Å²) in [5.41, 5.74) is 0.00572. The zero-order valence-corrected chi connectivity index (χ0v) is 13.5. The molecular weight excluding hydrogens is 288 g/mol. The monoisotopic (exact) mass is 310 g/mol. The van der Waals surface area contributed by atoms with Crippen molar-refractivity contribution < 1.29 is 13.2 Å². The predicted molar refractivity (Wildman–Crippen MR) is 81.7 cm³/mol. The van der Waals surface area contributed by atoms with E-state index in [0.717, 1.165) is 12.8 Å². The SMILES string of the molecule is CC(C)(C)NC(=O)c1cccc(S(=O)(=O)N2CCCC2)c1. The highest BCUT2D eigenvalue weighted by Crippen LogP contribution is 2.21. The Bertz CT molecular complexity index is 627. The van der Waals surface area contributed by atoms with Crippen molar-refractivity contribution in [2.75, 3.05) is 13.1 Å². The number of carbonyl (C=O) groups excluding carboxylic acids is 1. The highest BCUT2D eigenvalue weighted by molar-refractivity contribution is 7.89. The summed E-state index contributed by atoms with van der Waals surface area (Å²) in [6.07, 6.45) is 1.78. The number of sulfonamides is 1. The maximum absolute atomic E-state index is 12.5. The molecule has 0 spiro atoms. The van der Waals surface area contributed by atoms with Crippen LogP contribution in [0.15, 0.2) is 29.2 Å². The van der Waals surface area contributed by atoms with Gasteiger partial charge in [0.25, 0.3) is 5.91 Å². The number of benzene rings is 1. The topological polar surface area (TPSA) is 66.5 Å². The summed E-state index contributed by atoms with van der Waals surface area (Å²) in [7, 11) is -3.49. The molecule has 0 unspecified atom stereocenters. The van der Waals surface area contributed by atoms with Crippen LogP contribution in [0, 0.1) is 0 Å². The molecule has 1 aliphatic heterocycles. The molecule has 1 aromatic carbocycles. The molecule has 5 nitrogen and oxygen atoms in total. The fraction of sp³-hybridized carbons (Fsp3) is 0.533. The highest BCUT2D eigenvalue weighted by Gasteiger charge is 2.27. The molecule has 1 aliphatic rings. The minimum atomic E-state index is -3.49. The first kappa shape index (κ1) is 16.0. The Morgan fingerprint density at radius 3 is 2.38 bits per heavy atom. The minimum Gasteiger partial charge on any atom is -0.347 e. The zero-order valence-electron chi connectivity index (χ0n) is 12.7. The zero-order chi connectivity index (χ0) is 15.7. The molecule has 1 aromatic rings. The molecule has 1 fully saturated rings. The van der Waals surface area contributed by atoms with Gasteiger partial charge >= 0.3 is 0 Å². The van der Waals surface area contributed by atoms with Gasteiger partial charge in [0.2, 0.25) is 10.0 Å². The van der Waals surface area contributed by atoms with Gasteiger partial charge in [-0.25, -0.2) is 8.42 Å².